The van der Waals surface area contributed by atoms with E-state index in [1.165, 1.54) is 24.3 Å². The van der Waals surface area contributed by atoms with Crippen LogP contribution in [0.5, 0.6) is 5.75 Å². The van der Waals surface area contributed by atoms with Gasteiger partial charge in [0.2, 0.25) is 0 Å². The molecule has 0 aliphatic carbocycles. The van der Waals surface area contributed by atoms with E-state index in [2.05, 4.69) is 0 Å². The minimum Gasteiger partial charge on any atom is -0.423 e. The topological polar surface area (TPSA) is 50.1 Å². The number of carbonyl (C=O) groups is 1. The Hall–Kier alpha value is -2.88. The second-order valence-corrected chi connectivity index (χ2v) is 4.19. The molecule has 0 saturated carbocycles. The summed E-state index contributed by atoms with van der Waals surface area (Å²) in [5, 5.41) is 8.62. The number of carbonyl (C=O) groups excluding carboxylic acids is 1. The SMILES string of the molecule is N#Cc1ccc(OC(=O)c2c(F)cccc2C(F)(F)F)cc1. The molecule has 0 heterocycles. The van der Waals surface area contributed by atoms with Gasteiger partial charge in [-0.15, -0.1) is 0 Å². The molecule has 0 N–H and O–H groups in total. The van der Waals surface area contributed by atoms with E-state index in [-0.39, 0.29) is 11.3 Å². The Morgan fingerprint density at radius 2 is 1.73 bits per heavy atom. The van der Waals surface area contributed by atoms with E-state index in [1.54, 1.807) is 0 Å². The maximum Gasteiger partial charge on any atom is 0.417 e. The van der Waals surface area contributed by atoms with Crippen molar-refractivity contribution in [2.75, 3.05) is 0 Å². The largest absolute Gasteiger partial charge is 0.423 e. The van der Waals surface area contributed by atoms with Gasteiger partial charge in [-0.25, -0.2) is 9.18 Å². The van der Waals surface area contributed by atoms with Gasteiger partial charge in [-0.05, 0) is 36.4 Å². The standard InChI is InChI=1S/C15H7F4NO2/c16-12-3-1-2-11(15(17,18)19)13(12)14(21)22-10-6-4-9(8-20)5-7-10/h1-7H. The lowest BCUT2D eigenvalue weighted by atomic mass is 10.1. The highest BCUT2D eigenvalue weighted by atomic mass is 19.4. The highest BCUT2D eigenvalue weighted by Gasteiger charge is 2.37. The van der Waals surface area contributed by atoms with Gasteiger partial charge in [0.25, 0.3) is 0 Å². The molecule has 3 nitrogen and oxygen atoms in total. The van der Waals surface area contributed by atoms with Crippen LogP contribution in [0, 0.1) is 17.1 Å². The molecule has 2 aromatic rings. The molecule has 0 bridgehead atoms. The Labute approximate surface area is 122 Å². The normalized spacial score (nSPS) is 10.9. The third-order valence-electron chi connectivity index (χ3n) is 2.72. The molecule has 0 atom stereocenters. The fourth-order valence-corrected chi connectivity index (χ4v) is 1.72. The van der Waals surface area contributed by atoms with Crippen molar-refractivity contribution >= 4 is 5.97 Å². The lowest BCUT2D eigenvalue weighted by Crippen LogP contribution is -2.18. The molecule has 22 heavy (non-hydrogen) atoms. The van der Waals surface area contributed by atoms with Crippen LogP contribution in [0.3, 0.4) is 0 Å². The number of hydrogen-bond acceptors (Lipinski definition) is 3. The number of benzene rings is 2. The predicted octanol–water partition coefficient (Wildman–Crippen LogP) is 3.94. The van der Waals surface area contributed by atoms with Crippen molar-refractivity contribution in [3.05, 3.63) is 65.0 Å². The van der Waals surface area contributed by atoms with Gasteiger partial charge in [0, 0.05) is 0 Å². The van der Waals surface area contributed by atoms with Crippen molar-refractivity contribution in [1.29, 1.82) is 5.26 Å². The lowest BCUT2D eigenvalue weighted by Gasteiger charge is -2.12. The van der Waals surface area contributed by atoms with Crippen LogP contribution in [-0.4, -0.2) is 5.97 Å². The van der Waals surface area contributed by atoms with Crippen LogP contribution in [0.25, 0.3) is 0 Å². The molecule has 2 rings (SSSR count). The monoisotopic (exact) mass is 309 g/mol. The zero-order valence-corrected chi connectivity index (χ0v) is 10.8. The van der Waals surface area contributed by atoms with Crippen molar-refractivity contribution in [3.63, 3.8) is 0 Å². The van der Waals surface area contributed by atoms with Gasteiger partial charge >= 0.3 is 12.1 Å². The first-order valence-corrected chi connectivity index (χ1v) is 5.91. The fourth-order valence-electron chi connectivity index (χ4n) is 1.72. The maximum atomic E-state index is 13.6. The number of halogens is 4. The number of hydrogen-bond donors (Lipinski definition) is 0. The van der Waals surface area contributed by atoms with Crippen LogP contribution < -0.4 is 4.74 Å². The van der Waals surface area contributed by atoms with E-state index in [0.29, 0.717) is 6.07 Å². The molecule has 0 radical (unpaired) electrons. The lowest BCUT2D eigenvalue weighted by molar-refractivity contribution is -0.138. The molecule has 0 aromatic heterocycles. The summed E-state index contributed by atoms with van der Waals surface area (Å²) in [6, 6.07) is 9.10. The second-order valence-electron chi connectivity index (χ2n) is 4.19. The molecule has 0 unspecified atom stereocenters. The zero-order chi connectivity index (χ0) is 16.3. The smallest absolute Gasteiger partial charge is 0.417 e. The average molecular weight is 309 g/mol. The van der Waals surface area contributed by atoms with Gasteiger partial charge in [-0.1, -0.05) is 6.07 Å². The van der Waals surface area contributed by atoms with E-state index in [1.807, 2.05) is 6.07 Å². The summed E-state index contributed by atoms with van der Waals surface area (Å²) >= 11 is 0. The molecule has 7 heteroatoms. The summed E-state index contributed by atoms with van der Waals surface area (Å²) in [6.07, 6.45) is -4.89. The molecule has 0 saturated heterocycles. The summed E-state index contributed by atoms with van der Waals surface area (Å²) in [7, 11) is 0. The molecule has 0 spiro atoms. The Kier molecular flexibility index (Phi) is 4.13. The summed E-state index contributed by atoms with van der Waals surface area (Å²) in [4.78, 5) is 11.8. The van der Waals surface area contributed by atoms with Crippen LogP contribution in [0.1, 0.15) is 21.5 Å². The summed E-state index contributed by atoms with van der Waals surface area (Å²) in [5.41, 5.74) is -2.31. The maximum absolute atomic E-state index is 13.6. The molecule has 0 aliphatic rings. The van der Waals surface area contributed by atoms with Crippen molar-refractivity contribution in [2.24, 2.45) is 0 Å². The van der Waals surface area contributed by atoms with E-state index < -0.39 is 29.1 Å². The minimum absolute atomic E-state index is 0.0969. The van der Waals surface area contributed by atoms with Crippen molar-refractivity contribution in [1.82, 2.24) is 0 Å². The summed E-state index contributed by atoms with van der Waals surface area (Å²) in [5.74, 6) is -2.89. The van der Waals surface area contributed by atoms with Gasteiger partial charge in [0.05, 0.1) is 17.2 Å². The first-order valence-electron chi connectivity index (χ1n) is 5.91. The van der Waals surface area contributed by atoms with Gasteiger partial charge in [0.15, 0.2) is 0 Å². The van der Waals surface area contributed by atoms with Gasteiger partial charge in [-0.2, -0.15) is 18.4 Å². The first-order chi connectivity index (χ1) is 10.3. The van der Waals surface area contributed by atoms with Crippen molar-refractivity contribution in [3.8, 4) is 11.8 Å². The highest BCUT2D eigenvalue weighted by molar-refractivity contribution is 5.93. The van der Waals surface area contributed by atoms with Crippen LogP contribution in [0.15, 0.2) is 42.5 Å². The van der Waals surface area contributed by atoms with Gasteiger partial charge in [-0.3, -0.25) is 0 Å². The molecule has 112 valence electrons. The predicted molar refractivity (Wildman–Crippen MR) is 67.5 cm³/mol. The van der Waals surface area contributed by atoms with E-state index in [0.717, 1.165) is 12.1 Å². The second kappa shape index (κ2) is 5.85. The number of esters is 1. The average Bonchev–Trinajstić information content (AvgIpc) is 2.46. The number of alkyl halides is 3. The third kappa shape index (κ3) is 3.23. The quantitative estimate of drug-likeness (QED) is 0.480. The number of nitrogens with zero attached hydrogens (tertiary/aromatic N) is 1. The number of rotatable bonds is 2. The van der Waals surface area contributed by atoms with Crippen LogP contribution in [-0.2, 0) is 6.18 Å². The number of ether oxygens (including phenoxy) is 1. The number of nitriles is 1. The molecular formula is C15H7F4NO2. The zero-order valence-electron chi connectivity index (χ0n) is 10.8. The summed E-state index contributed by atoms with van der Waals surface area (Å²) < 4.78 is 56.8. The molecule has 2 aromatic carbocycles. The molecule has 0 aliphatic heterocycles. The van der Waals surface area contributed by atoms with Crippen molar-refractivity contribution < 1.29 is 27.1 Å². The van der Waals surface area contributed by atoms with E-state index in [9.17, 15) is 22.4 Å². The summed E-state index contributed by atoms with van der Waals surface area (Å²) in [6.45, 7) is 0. The molecule has 0 amide bonds. The van der Waals surface area contributed by atoms with Gasteiger partial charge < -0.3 is 4.74 Å². The highest BCUT2D eigenvalue weighted by Crippen LogP contribution is 2.33. The van der Waals surface area contributed by atoms with Crippen LogP contribution in [0.4, 0.5) is 17.6 Å². The Morgan fingerprint density at radius 1 is 1.09 bits per heavy atom. The Morgan fingerprint density at radius 3 is 2.27 bits per heavy atom. The Balaban J connectivity index is 2.35. The van der Waals surface area contributed by atoms with Crippen molar-refractivity contribution in [2.45, 2.75) is 6.18 Å². The van der Waals surface area contributed by atoms with E-state index >= 15 is 0 Å². The van der Waals surface area contributed by atoms with E-state index in [4.69, 9.17) is 10.00 Å². The Bertz CT molecular complexity index is 746. The van der Waals surface area contributed by atoms with Gasteiger partial charge in [0.1, 0.15) is 17.1 Å². The minimum atomic E-state index is -4.89. The molecular weight excluding hydrogens is 302 g/mol. The first kappa shape index (κ1) is 15.5. The third-order valence-corrected chi connectivity index (χ3v) is 2.72. The van der Waals surface area contributed by atoms with Crippen LogP contribution >= 0.6 is 0 Å². The van der Waals surface area contributed by atoms with Crippen LogP contribution in [0.2, 0.25) is 0 Å². The fraction of sp³-hybridized carbons (Fsp3) is 0.0667. The molecule has 0 fully saturated rings.